The van der Waals surface area contributed by atoms with Crippen LogP contribution in [0.2, 0.25) is 0 Å². The monoisotopic (exact) mass is 441 g/mol. The Hall–Kier alpha value is -2.94. The fourth-order valence-corrected chi connectivity index (χ4v) is 4.93. The molecule has 1 aromatic carbocycles. The zero-order valence-electron chi connectivity index (χ0n) is 18.1. The minimum Gasteiger partial charge on any atom is -0.453 e. The first-order valence-corrected chi connectivity index (χ1v) is 11.3. The number of benzene rings is 1. The molecule has 1 saturated heterocycles. The molecule has 164 valence electrons. The van der Waals surface area contributed by atoms with Gasteiger partial charge in [0.25, 0.3) is 0 Å². The number of nitrogens with zero attached hydrogens (tertiary/aromatic N) is 3. The maximum atomic E-state index is 13.3. The number of carbonyl (C=O) groups is 2. The van der Waals surface area contributed by atoms with Gasteiger partial charge in [0, 0.05) is 12.1 Å². The van der Waals surface area contributed by atoms with Crippen molar-refractivity contribution in [2.75, 3.05) is 13.7 Å². The summed E-state index contributed by atoms with van der Waals surface area (Å²) in [5.41, 5.74) is 5.91. The van der Waals surface area contributed by atoms with E-state index in [-0.39, 0.29) is 17.9 Å². The lowest BCUT2D eigenvalue weighted by atomic mass is 10.0. The molecule has 3 aromatic rings. The van der Waals surface area contributed by atoms with Crippen molar-refractivity contribution in [1.29, 1.82) is 0 Å². The van der Waals surface area contributed by atoms with E-state index in [0.29, 0.717) is 6.54 Å². The van der Waals surface area contributed by atoms with E-state index < -0.39 is 12.1 Å². The molecule has 0 radical (unpaired) electrons. The number of nitrogens with one attached hydrogen (secondary N) is 2. The Kier molecular flexibility index (Phi) is 5.95. The number of amides is 2. The largest absolute Gasteiger partial charge is 0.453 e. The van der Waals surface area contributed by atoms with Gasteiger partial charge in [-0.25, -0.2) is 14.8 Å². The van der Waals surface area contributed by atoms with Crippen molar-refractivity contribution < 1.29 is 14.3 Å². The van der Waals surface area contributed by atoms with Crippen LogP contribution in [0.15, 0.2) is 23.8 Å². The van der Waals surface area contributed by atoms with Crippen molar-refractivity contribution in [1.82, 2.24) is 25.2 Å². The van der Waals surface area contributed by atoms with Crippen molar-refractivity contribution in [3.63, 3.8) is 0 Å². The molecule has 0 bridgehead atoms. The topological polar surface area (TPSA) is 100 Å². The lowest BCUT2D eigenvalue weighted by Gasteiger charge is -2.30. The number of alkyl carbamates (subject to hydrolysis) is 1. The van der Waals surface area contributed by atoms with E-state index in [1.54, 1.807) is 11.3 Å². The molecule has 2 amide bonds. The van der Waals surface area contributed by atoms with Gasteiger partial charge in [-0.05, 0) is 31.2 Å². The molecule has 0 spiro atoms. The van der Waals surface area contributed by atoms with E-state index in [9.17, 15) is 9.59 Å². The smallest absolute Gasteiger partial charge is 0.407 e. The minimum absolute atomic E-state index is 0.0643. The SMILES string of the molecule is COC(=O)N[C@H](C(=O)N1CCC[C@H]1c1ncc(-c2ccc(C)c3scnc23)[nH]1)C(C)C. The summed E-state index contributed by atoms with van der Waals surface area (Å²) >= 11 is 1.63. The van der Waals surface area contributed by atoms with Crippen molar-refractivity contribution in [3.8, 4) is 11.3 Å². The van der Waals surface area contributed by atoms with Crippen LogP contribution in [0.3, 0.4) is 0 Å². The van der Waals surface area contributed by atoms with Crippen LogP contribution in [0.4, 0.5) is 4.79 Å². The highest BCUT2D eigenvalue weighted by Gasteiger charge is 2.37. The van der Waals surface area contributed by atoms with Gasteiger partial charge in [-0.2, -0.15) is 0 Å². The highest BCUT2D eigenvalue weighted by molar-refractivity contribution is 7.17. The van der Waals surface area contributed by atoms with Gasteiger partial charge in [0.15, 0.2) is 0 Å². The summed E-state index contributed by atoms with van der Waals surface area (Å²) < 4.78 is 5.87. The van der Waals surface area contributed by atoms with Crippen molar-refractivity contribution in [2.24, 2.45) is 5.92 Å². The quantitative estimate of drug-likeness (QED) is 0.622. The Morgan fingerprint density at radius 3 is 2.87 bits per heavy atom. The van der Waals surface area contributed by atoms with Crippen LogP contribution >= 0.6 is 11.3 Å². The molecule has 2 aromatic heterocycles. The fraction of sp³-hybridized carbons (Fsp3) is 0.455. The van der Waals surface area contributed by atoms with E-state index in [1.807, 2.05) is 30.5 Å². The third-order valence-electron chi connectivity index (χ3n) is 5.81. The average molecular weight is 442 g/mol. The Labute approximate surface area is 185 Å². The molecule has 0 unspecified atom stereocenters. The van der Waals surface area contributed by atoms with Crippen molar-refractivity contribution >= 4 is 33.6 Å². The van der Waals surface area contributed by atoms with Crippen LogP contribution in [0, 0.1) is 12.8 Å². The predicted octanol–water partition coefficient (Wildman–Crippen LogP) is 4.04. The molecule has 2 N–H and O–H groups in total. The van der Waals surface area contributed by atoms with Crippen LogP contribution in [0.5, 0.6) is 0 Å². The molecule has 9 heteroatoms. The van der Waals surface area contributed by atoms with Crippen LogP contribution < -0.4 is 5.32 Å². The number of thiazole rings is 1. The summed E-state index contributed by atoms with van der Waals surface area (Å²) in [5.74, 6) is 0.578. The van der Waals surface area contributed by atoms with Crippen LogP contribution in [0.25, 0.3) is 21.5 Å². The summed E-state index contributed by atoms with van der Waals surface area (Å²) in [6.07, 6.45) is 2.92. The Balaban J connectivity index is 1.60. The maximum Gasteiger partial charge on any atom is 0.407 e. The number of aromatic amines is 1. The number of carbonyl (C=O) groups excluding carboxylic acids is 2. The molecule has 2 atom stereocenters. The lowest BCUT2D eigenvalue weighted by Crippen LogP contribution is -2.51. The second kappa shape index (κ2) is 8.66. The first kappa shape index (κ1) is 21.3. The van der Waals surface area contributed by atoms with Gasteiger partial charge in [0.05, 0.1) is 40.8 Å². The summed E-state index contributed by atoms with van der Waals surface area (Å²) in [6.45, 7) is 6.53. The predicted molar refractivity (Wildman–Crippen MR) is 120 cm³/mol. The number of hydrogen-bond donors (Lipinski definition) is 2. The van der Waals surface area contributed by atoms with Gasteiger partial charge in [-0.3, -0.25) is 4.79 Å². The number of likely N-dealkylation sites (tertiary alicyclic amines) is 1. The highest BCUT2D eigenvalue weighted by Crippen LogP contribution is 2.35. The molecule has 8 nitrogen and oxygen atoms in total. The second-order valence-electron chi connectivity index (χ2n) is 8.19. The fourth-order valence-electron chi connectivity index (χ4n) is 4.13. The minimum atomic E-state index is -0.644. The van der Waals surface area contributed by atoms with Gasteiger partial charge in [-0.1, -0.05) is 26.0 Å². The second-order valence-corrected chi connectivity index (χ2v) is 9.04. The lowest BCUT2D eigenvalue weighted by molar-refractivity contribution is -0.135. The molecule has 0 aliphatic carbocycles. The molecule has 1 aliphatic heterocycles. The number of aryl methyl sites for hydroxylation is 1. The molecular weight excluding hydrogens is 414 g/mol. The summed E-state index contributed by atoms with van der Waals surface area (Å²) in [7, 11) is 1.30. The summed E-state index contributed by atoms with van der Waals surface area (Å²) in [4.78, 5) is 39.4. The third-order valence-corrected chi connectivity index (χ3v) is 6.77. The number of methoxy groups -OCH3 is 1. The third kappa shape index (κ3) is 4.01. The van der Waals surface area contributed by atoms with Crippen LogP contribution in [-0.4, -0.2) is 51.5 Å². The number of rotatable bonds is 5. The number of H-pyrrole nitrogens is 1. The number of fused-ring (bicyclic) bond motifs is 1. The van der Waals surface area contributed by atoms with E-state index in [0.717, 1.165) is 35.4 Å². The standard InChI is InChI=1S/C22H27N5O3S/c1-12(2)17(26-22(29)30-4)21(28)27-9-5-6-16(27)20-23-10-15(25-20)14-8-7-13(3)19-18(14)24-11-31-19/h7-8,10-12,16-17H,5-6,9H2,1-4H3,(H,23,25)(H,26,29)/t16-,17-/m0/s1. The van der Waals surface area contributed by atoms with Gasteiger partial charge in [0.1, 0.15) is 11.9 Å². The van der Waals surface area contributed by atoms with Gasteiger partial charge >= 0.3 is 6.09 Å². The normalized spacial score (nSPS) is 17.3. The molecule has 3 heterocycles. The Morgan fingerprint density at radius 1 is 1.32 bits per heavy atom. The summed E-state index contributed by atoms with van der Waals surface area (Å²) in [6, 6.07) is 3.35. The number of imidazole rings is 1. The molecule has 1 fully saturated rings. The molecular formula is C22H27N5O3S. The first-order valence-electron chi connectivity index (χ1n) is 10.4. The number of aromatic nitrogens is 3. The molecule has 1 aliphatic rings. The van der Waals surface area contributed by atoms with E-state index in [1.165, 1.54) is 17.4 Å². The Morgan fingerprint density at radius 2 is 2.13 bits per heavy atom. The van der Waals surface area contributed by atoms with E-state index in [2.05, 4.69) is 39.3 Å². The number of ether oxygens (including phenoxy) is 1. The Bertz CT molecular complexity index is 1110. The number of hydrogen-bond acceptors (Lipinski definition) is 6. The van der Waals surface area contributed by atoms with Crippen LogP contribution in [-0.2, 0) is 9.53 Å². The first-order chi connectivity index (χ1) is 14.9. The van der Waals surface area contributed by atoms with Crippen LogP contribution in [0.1, 0.15) is 44.1 Å². The maximum absolute atomic E-state index is 13.3. The molecule has 4 rings (SSSR count). The van der Waals surface area contributed by atoms with Gasteiger partial charge in [0.2, 0.25) is 5.91 Å². The zero-order chi connectivity index (χ0) is 22.1. The van der Waals surface area contributed by atoms with E-state index in [4.69, 9.17) is 4.74 Å². The van der Waals surface area contributed by atoms with Gasteiger partial charge in [-0.15, -0.1) is 11.3 Å². The highest BCUT2D eigenvalue weighted by atomic mass is 32.1. The van der Waals surface area contributed by atoms with Gasteiger partial charge < -0.3 is 19.9 Å². The van der Waals surface area contributed by atoms with Crippen molar-refractivity contribution in [2.45, 2.75) is 45.7 Å². The zero-order valence-corrected chi connectivity index (χ0v) is 19.0. The average Bonchev–Trinajstić information content (AvgIpc) is 3.51. The molecule has 0 saturated carbocycles. The van der Waals surface area contributed by atoms with Crippen molar-refractivity contribution in [3.05, 3.63) is 35.2 Å². The molecule has 31 heavy (non-hydrogen) atoms. The summed E-state index contributed by atoms with van der Waals surface area (Å²) in [5, 5.41) is 2.68. The van der Waals surface area contributed by atoms with E-state index >= 15 is 0 Å².